The first-order valence-electron chi connectivity index (χ1n) is 12.2. The number of aryl methyl sites for hydroxylation is 2. The molecule has 0 fully saturated rings. The lowest BCUT2D eigenvalue weighted by atomic mass is 10.2. The van der Waals surface area contributed by atoms with Gasteiger partial charge in [0.2, 0.25) is 0 Å². The van der Waals surface area contributed by atoms with Crippen LogP contribution in [0.3, 0.4) is 0 Å². The van der Waals surface area contributed by atoms with Crippen LogP contribution in [0.25, 0.3) is 5.69 Å². The van der Waals surface area contributed by atoms with Crippen LogP contribution >= 0.6 is 11.8 Å². The molecule has 1 N–H and O–H groups in total. The maximum atomic E-state index is 12.5. The molecule has 0 atom stereocenters. The van der Waals surface area contributed by atoms with E-state index in [4.69, 9.17) is 9.15 Å². The molecule has 38 heavy (non-hydrogen) atoms. The molecule has 5 aromatic rings. The van der Waals surface area contributed by atoms with Crippen LogP contribution in [0, 0.1) is 13.8 Å². The van der Waals surface area contributed by atoms with Crippen molar-refractivity contribution >= 4 is 23.9 Å². The highest BCUT2D eigenvalue weighted by atomic mass is 32.2. The lowest BCUT2D eigenvalue weighted by Crippen LogP contribution is -2.16. The Balaban J connectivity index is 1.15. The number of benzene rings is 3. The van der Waals surface area contributed by atoms with Crippen LogP contribution in [-0.2, 0) is 6.61 Å². The highest BCUT2D eigenvalue weighted by molar-refractivity contribution is 7.99. The second kappa shape index (κ2) is 11.7. The Morgan fingerprint density at radius 3 is 2.37 bits per heavy atom. The Bertz CT molecular complexity index is 1530. The van der Waals surface area contributed by atoms with E-state index >= 15 is 0 Å². The Morgan fingerprint density at radius 2 is 1.61 bits per heavy atom. The standard InChI is InChI=1S/C31H27N3O3S/c1-22-12-13-23(2)34(22)25-14-16-26(17-15-25)36-21-27-18-19-29(37-27)31(35)33-32-20-24-8-6-7-11-30(24)38-28-9-4-3-5-10-28/h3-20H,21H2,1-2H3,(H,33,35)/b32-20+. The summed E-state index contributed by atoms with van der Waals surface area (Å²) in [5.74, 6) is 1.00. The summed E-state index contributed by atoms with van der Waals surface area (Å²) in [4.78, 5) is 14.7. The molecule has 190 valence electrons. The van der Waals surface area contributed by atoms with Gasteiger partial charge in [-0.25, -0.2) is 5.43 Å². The van der Waals surface area contributed by atoms with Crippen LogP contribution in [-0.4, -0.2) is 16.7 Å². The van der Waals surface area contributed by atoms with Gasteiger partial charge in [0.25, 0.3) is 0 Å². The molecule has 0 unspecified atom stereocenters. The van der Waals surface area contributed by atoms with E-state index in [0.717, 1.165) is 26.8 Å². The number of hydrogen-bond acceptors (Lipinski definition) is 5. The minimum Gasteiger partial charge on any atom is -0.486 e. The Labute approximate surface area is 226 Å². The summed E-state index contributed by atoms with van der Waals surface area (Å²) < 4.78 is 13.7. The maximum Gasteiger partial charge on any atom is 0.307 e. The van der Waals surface area contributed by atoms with E-state index in [1.165, 1.54) is 11.4 Å². The fraction of sp³-hybridized carbons (Fsp3) is 0.0968. The molecular formula is C31H27N3O3S. The molecule has 0 bridgehead atoms. The van der Waals surface area contributed by atoms with Gasteiger partial charge in [0.1, 0.15) is 18.1 Å². The number of hydrogen-bond donors (Lipinski definition) is 1. The van der Waals surface area contributed by atoms with Crippen LogP contribution in [0.15, 0.2) is 122 Å². The summed E-state index contributed by atoms with van der Waals surface area (Å²) in [6, 6.07) is 33.4. The predicted molar refractivity (Wildman–Crippen MR) is 150 cm³/mol. The van der Waals surface area contributed by atoms with Gasteiger partial charge >= 0.3 is 5.91 Å². The van der Waals surface area contributed by atoms with Crippen LogP contribution in [0.5, 0.6) is 5.75 Å². The highest BCUT2D eigenvalue weighted by Gasteiger charge is 2.11. The smallest absolute Gasteiger partial charge is 0.307 e. The van der Waals surface area contributed by atoms with E-state index in [2.05, 4.69) is 53.2 Å². The van der Waals surface area contributed by atoms with E-state index in [-0.39, 0.29) is 12.4 Å². The monoisotopic (exact) mass is 521 g/mol. The normalized spacial score (nSPS) is 11.1. The summed E-state index contributed by atoms with van der Waals surface area (Å²) in [6.45, 7) is 4.37. The first-order chi connectivity index (χ1) is 18.6. The van der Waals surface area contributed by atoms with Crippen molar-refractivity contribution in [3.63, 3.8) is 0 Å². The summed E-state index contributed by atoms with van der Waals surface area (Å²) in [6.07, 6.45) is 1.64. The molecule has 0 aliphatic heterocycles. The molecule has 5 rings (SSSR count). The minimum absolute atomic E-state index is 0.168. The first kappa shape index (κ1) is 25.2. The molecule has 0 saturated heterocycles. The second-order valence-corrected chi connectivity index (χ2v) is 9.77. The van der Waals surface area contributed by atoms with E-state index in [9.17, 15) is 4.79 Å². The zero-order valence-electron chi connectivity index (χ0n) is 21.1. The molecule has 0 radical (unpaired) electrons. The molecular weight excluding hydrogens is 494 g/mol. The number of carbonyl (C=O) groups excluding carboxylic acids is 1. The molecule has 2 heterocycles. The van der Waals surface area contributed by atoms with Crippen LogP contribution < -0.4 is 10.2 Å². The van der Waals surface area contributed by atoms with Crippen molar-refractivity contribution in [3.8, 4) is 11.4 Å². The van der Waals surface area contributed by atoms with Crippen molar-refractivity contribution in [1.29, 1.82) is 0 Å². The van der Waals surface area contributed by atoms with Gasteiger partial charge in [0, 0.05) is 32.4 Å². The van der Waals surface area contributed by atoms with E-state index in [1.807, 2.05) is 66.7 Å². The molecule has 0 aliphatic rings. The summed E-state index contributed by atoms with van der Waals surface area (Å²) in [5, 5.41) is 4.13. The summed E-state index contributed by atoms with van der Waals surface area (Å²) >= 11 is 1.64. The van der Waals surface area contributed by atoms with Gasteiger partial charge in [-0.15, -0.1) is 0 Å². The fourth-order valence-electron chi connectivity index (χ4n) is 4.01. The summed E-state index contributed by atoms with van der Waals surface area (Å²) in [5.41, 5.74) is 6.88. The van der Waals surface area contributed by atoms with Crippen molar-refractivity contribution in [2.45, 2.75) is 30.2 Å². The number of ether oxygens (including phenoxy) is 1. The van der Waals surface area contributed by atoms with Gasteiger partial charge in [-0.1, -0.05) is 48.2 Å². The lowest BCUT2D eigenvalue weighted by molar-refractivity contribution is 0.0923. The highest BCUT2D eigenvalue weighted by Crippen LogP contribution is 2.29. The van der Waals surface area contributed by atoms with Gasteiger partial charge in [0.05, 0.1) is 6.21 Å². The molecule has 0 saturated carbocycles. The molecule has 1 amide bonds. The third-order valence-electron chi connectivity index (χ3n) is 5.89. The second-order valence-electron chi connectivity index (χ2n) is 8.65. The van der Waals surface area contributed by atoms with Crippen molar-refractivity contribution in [3.05, 3.63) is 132 Å². The van der Waals surface area contributed by atoms with Crippen molar-refractivity contribution in [2.24, 2.45) is 5.10 Å². The molecule has 2 aromatic heterocycles. The quantitative estimate of drug-likeness (QED) is 0.165. The number of carbonyl (C=O) groups is 1. The number of nitrogens with zero attached hydrogens (tertiary/aromatic N) is 2. The first-order valence-corrected chi connectivity index (χ1v) is 13.0. The largest absolute Gasteiger partial charge is 0.486 e. The zero-order chi connectivity index (χ0) is 26.3. The number of rotatable bonds is 9. The average Bonchev–Trinajstić information content (AvgIpc) is 3.55. The predicted octanol–water partition coefficient (Wildman–Crippen LogP) is 7.18. The van der Waals surface area contributed by atoms with Crippen LogP contribution in [0.1, 0.15) is 33.3 Å². The van der Waals surface area contributed by atoms with Gasteiger partial charge in [-0.3, -0.25) is 4.79 Å². The molecule has 7 heteroatoms. The van der Waals surface area contributed by atoms with Gasteiger partial charge < -0.3 is 13.7 Å². The van der Waals surface area contributed by atoms with E-state index < -0.39 is 5.91 Å². The Morgan fingerprint density at radius 1 is 0.895 bits per heavy atom. The number of nitrogens with one attached hydrogen (secondary N) is 1. The molecule has 6 nitrogen and oxygen atoms in total. The number of hydrazone groups is 1. The van der Waals surface area contributed by atoms with Crippen molar-refractivity contribution < 1.29 is 13.9 Å². The van der Waals surface area contributed by atoms with Crippen molar-refractivity contribution in [2.75, 3.05) is 0 Å². The summed E-state index contributed by atoms with van der Waals surface area (Å²) in [7, 11) is 0. The zero-order valence-corrected chi connectivity index (χ0v) is 21.9. The Kier molecular flexibility index (Phi) is 7.75. The third-order valence-corrected chi connectivity index (χ3v) is 6.99. The molecule has 0 spiro atoms. The van der Waals surface area contributed by atoms with Crippen molar-refractivity contribution in [1.82, 2.24) is 9.99 Å². The van der Waals surface area contributed by atoms with Crippen LogP contribution in [0.4, 0.5) is 0 Å². The van der Waals surface area contributed by atoms with Gasteiger partial charge in [0.15, 0.2) is 5.76 Å². The van der Waals surface area contributed by atoms with Gasteiger partial charge in [-0.05, 0) is 80.6 Å². The number of furan rings is 1. The maximum absolute atomic E-state index is 12.5. The lowest BCUT2D eigenvalue weighted by Gasteiger charge is -2.10. The van der Waals surface area contributed by atoms with Gasteiger partial charge in [-0.2, -0.15) is 5.10 Å². The number of aromatic nitrogens is 1. The molecule has 0 aliphatic carbocycles. The Hall–Kier alpha value is -4.49. The SMILES string of the molecule is Cc1ccc(C)n1-c1ccc(OCc2ccc(C(=O)N/N=C/c3ccccc3Sc3ccccc3)o2)cc1. The topological polar surface area (TPSA) is 68.8 Å². The third kappa shape index (κ3) is 6.07. The minimum atomic E-state index is -0.428. The van der Waals surface area contributed by atoms with E-state index in [1.54, 1.807) is 30.1 Å². The van der Waals surface area contributed by atoms with E-state index in [0.29, 0.717) is 5.76 Å². The average molecular weight is 522 g/mol. The number of amides is 1. The molecule has 3 aromatic carbocycles. The van der Waals surface area contributed by atoms with Crippen LogP contribution in [0.2, 0.25) is 0 Å². The fourth-order valence-corrected chi connectivity index (χ4v) is 4.94.